The Morgan fingerprint density at radius 1 is 1.00 bits per heavy atom. The van der Waals surface area contributed by atoms with Crippen LogP contribution in [0, 0.1) is 11.8 Å². The average Bonchev–Trinajstić information content (AvgIpc) is 2.92. The van der Waals surface area contributed by atoms with Crippen LogP contribution in [0.3, 0.4) is 0 Å². The molecule has 2 nitrogen and oxygen atoms in total. The van der Waals surface area contributed by atoms with Crippen molar-refractivity contribution in [1.82, 2.24) is 0 Å². The van der Waals surface area contributed by atoms with E-state index in [9.17, 15) is 26.3 Å². The summed E-state index contributed by atoms with van der Waals surface area (Å²) < 4.78 is 93.0. The molecule has 0 saturated heterocycles. The molecule has 0 aromatic heterocycles. The molecule has 0 amide bonds. The van der Waals surface area contributed by atoms with Crippen molar-refractivity contribution in [2.24, 2.45) is 11.8 Å². The first-order valence-electron chi connectivity index (χ1n) is 9.23. The largest absolute Gasteiger partial charge is 0.586 e. The Bertz CT molecular complexity index is 668. The molecule has 0 bridgehead atoms. The zero-order valence-corrected chi connectivity index (χ0v) is 14.9. The lowest BCUT2D eigenvalue weighted by Crippen LogP contribution is -2.45. The number of ether oxygens (including phenoxy) is 2. The van der Waals surface area contributed by atoms with Crippen LogP contribution in [-0.4, -0.2) is 12.2 Å². The number of fused-ring (bicyclic) bond motifs is 1. The first-order valence-corrected chi connectivity index (χ1v) is 9.23. The van der Waals surface area contributed by atoms with Crippen molar-refractivity contribution in [2.45, 2.75) is 70.0 Å². The summed E-state index contributed by atoms with van der Waals surface area (Å²) in [5.41, 5.74) is -1.05. The van der Waals surface area contributed by atoms with Gasteiger partial charge >= 0.3 is 18.1 Å². The molecule has 0 spiro atoms. The maximum absolute atomic E-state index is 14.7. The summed E-state index contributed by atoms with van der Waals surface area (Å²) in [5.74, 6) is -11.0. The Morgan fingerprint density at radius 2 is 1.63 bits per heavy atom. The Kier molecular flexibility index (Phi) is 5.29. The molecule has 0 atom stereocenters. The molecule has 1 aromatic carbocycles. The second-order valence-electron chi connectivity index (χ2n) is 7.39. The Hall–Kier alpha value is -1.60. The van der Waals surface area contributed by atoms with Gasteiger partial charge in [-0.1, -0.05) is 26.2 Å². The maximum atomic E-state index is 14.7. The van der Waals surface area contributed by atoms with Crippen molar-refractivity contribution < 1.29 is 35.8 Å². The summed E-state index contributed by atoms with van der Waals surface area (Å²) in [7, 11) is 0. The van der Waals surface area contributed by atoms with E-state index in [1.165, 1.54) is 0 Å². The molecule has 8 heteroatoms. The second-order valence-corrected chi connectivity index (χ2v) is 7.39. The molecule has 1 fully saturated rings. The topological polar surface area (TPSA) is 18.5 Å². The van der Waals surface area contributed by atoms with E-state index in [0.717, 1.165) is 25.3 Å². The molecule has 1 heterocycles. The van der Waals surface area contributed by atoms with Gasteiger partial charge in [-0.2, -0.15) is 17.6 Å². The van der Waals surface area contributed by atoms with E-state index in [1.54, 1.807) is 0 Å². The van der Waals surface area contributed by atoms with Crippen LogP contribution in [0.2, 0.25) is 0 Å². The molecule has 27 heavy (non-hydrogen) atoms. The molecule has 1 aliphatic carbocycles. The van der Waals surface area contributed by atoms with Crippen molar-refractivity contribution in [2.75, 3.05) is 0 Å². The van der Waals surface area contributed by atoms with E-state index in [4.69, 9.17) is 0 Å². The van der Waals surface area contributed by atoms with E-state index < -0.39 is 41.1 Å². The lowest BCUT2D eigenvalue weighted by molar-refractivity contribution is -0.286. The molecule has 1 aliphatic heterocycles. The molecule has 1 saturated carbocycles. The maximum Gasteiger partial charge on any atom is 0.586 e. The molecular weight excluding hydrogens is 374 g/mol. The smallest absolute Gasteiger partial charge is 0.395 e. The van der Waals surface area contributed by atoms with Crippen LogP contribution in [-0.2, 0) is 5.92 Å². The number of halogens is 6. The standard InChI is InChI=1S/C19H22F6O2/c1-2-3-4-12-5-7-13(8-6-12)17(20,21)18(22,23)14-9-10-15-16(11-14)27-19(24,25)26-15/h9-13H,2-8H2,1H3. The molecule has 152 valence electrons. The normalized spacial score (nSPS) is 24.9. The Morgan fingerprint density at radius 3 is 2.26 bits per heavy atom. The van der Waals surface area contributed by atoms with Crippen molar-refractivity contribution in [3.8, 4) is 11.5 Å². The lowest BCUT2D eigenvalue weighted by Gasteiger charge is -2.37. The number of benzene rings is 1. The van der Waals surface area contributed by atoms with Gasteiger partial charge in [0, 0.05) is 11.5 Å². The Labute approximate surface area is 153 Å². The van der Waals surface area contributed by atoms with Gasteiger partial charge in [-0.05, 0) is 49.8 Å². The number of unbranched alkanes of at least 4 members (excludes halogenated alkanes) is 1. The summed E-state index contributed by atoms with van der Waals surface area (Å²) in [4.78, 5) is 0. The SMILES string of the molecule is CCCCC1CCC(C(F)(F)C(F)(F)c2ccc3c(c2)OC(F)(F)O3)CC1. The summed E-state index contributed by atoms with van der Waals surface area (Å²) in [6.07, 6.45) is 0.0187. The fraction of sp³-hybridized carbons (Fsp3) is 0.684. The predicted molar refractivity (Wildman–Crippen MR) is 86.5 cm³/mol. The van der Waals surface area contributed by atoms with Gasteiger partial charge in [-0.25, -0.2) is 0 Å². The third-order valence-electron chi connectivity index (χ3n) is 5.51. The number of hydrogen-bond donors (Lipinski definition) is 0. The van der Waals surface area contributed by atoms with E-state index in [2.05, 4.69) is 9.47 Å². The van der Waals surface area contributed by atoms with Crippen LogP contribution >= 0.6 is 0 Å². The quantitative estimate of drug-likeness (QED) is 0.496. The lowest BCUT2D eigenvalue weighted by atomic mass is 9.75. The van der Waals surface area contributed by atoms with Gasteiger partial charge in [0.25, 0.3) is 0 Å². The predicted octanol–water partition coefficient (Wildman–Crippen LogP) is 6.73. The second kappa shape index (κ2) is 7.09. The highest BCUT2D eigenvalue weighted by Crippen LogP contribution is 2.53. The fourth-order valence-corrected chi connectivity index (χ4v) is 3.90. The van der Waals surface area contributed by atoms with Gasteiger partial charge in [-0.3, -0.25) is 0 Å². The third kappa shape index (κ3) is 3.85. The number of hydrogen-bond acceptors (Lipinski definition) is 2. The number of rotatable bonds is 6. The van der Waals surface area contributed by atoms with Crippen LogP contribution in [0.1, 0.15) is 57.4 Å². The first kappa shape index (κ1) is 20.1. The minimum Gasteiger partial charge on any atom is -0.395 e. The van der Waals surface area contributed by atoms with Gasteiger partial charge < -0.3 is 9.47 Å². The molecule has 3 rings (SSSR count). The highest BCUT2D eigenvalue weighted by atomic mass is 19.3. The fourth-order valence-electron chi connectivity index (χ4n) is 3.90. The number of alkyl halides is 6. The van der Waals surface area contributed by atoms with E-state index in [0.29, 0.717) is 30.9 Å². The average molecular weight is 396 g/mol. The van der Waals surface area contributed by atoms with Crippen LogP contribution in [0.5, 0.6) is 11.5 Å². The molecule has 2 aliphatic rings. The molecule has 1 aromatic rings. The summed E-state index contributed by atoms with van der Waals surface area (Å²) >= 11 is 0. The molecule has 0 unspecified atom stereocenters. The molecule has 0 radical (unpaired) electrons. The zero-order valence-electron chi connectivity index (χ0n) is 14.9. The Balaban J connectivity index is 1.74. The van der Waals surface area contributed by atoms with Crippen molar-refractivity contribution in [3.63, 3.8) is 0 Å². The summed E-state index contributed by atoms with van der Waals surface area (Å²) in [6, 6.07) is 2.00. The van der Waals surface area contributed by atoms with Gasteiger partial charge in [0.05, 0.1) is 0 Å². The van der Waals surface area contributed by atoms with Crippen molar-refractivity contribution >= 4 is 0 Å². The first-order chi connectivity index (χ1) is 12.6. The van der Waals surface area contributed by atoms with Crippen molar-refractivity contribution in [1.29, 1.82) is 0 Å². The van der Waals surface area contributed by atoms with Crippen LogP contribution < -0.4 is 9.47 Å². The van der Waals surface area contributed by atoms with Gasteiger partial charge in [0.15, 0.2) is 11.5 Å². The van der Waals surface area contributed by atoms with Crippen molar-refractivity contribution in [3.05, 3.63) is 23.8 Å². The van der Waals surface area contributed by atoms with Crippen LogP contribution in [0.4, 0.5) is 26.3 Å². The summed E-state index contributed by atoms with van der Waals surface area (Å²) in [6.45, 7) is 2.04. The van der Waals surface area contributed by atoms with Gasteiger partial charge in [0.1, 0.15) is 0 Å². The van der Waals surface area contributed by atoms with Gasteiger partial charge in [0.2, 0.25) is 0 Å². The highest BCUT2D eigenvalue weighted by molar-refractivity contribution is 5.46. The molecule has 0 N–H and O–H groups in total. The van der Waals surface area contributed by atoms with E-state index >= 15 is 0 Å². The van der Waals surface area contributed by atoms with E-state index in [1.807, 2.05) is 6.92 Å². The van der Waals surface area contributed by atoms with Gasteiger partial charge in [-0.15, -0.1) is 8.78 Å². The third-order valence-corrected chi connectivity index (χ3v) is 5.51. The summed E-state index contributed by atoms with van der Waals surface area (Å²) in [5, 5.41) is 0. The molecular formula is C19H22F6O2. The highest BCUT2D eigenvalue weighted by Gasteiger charge is 2.62. The minimum atomic E-state index is -4.50. The van der Waals surface area contributed by atoms with Crippen LogP contribution in [0.15, 0.2) is 18.2 Å². The van der Waals surface area contributed by atoms with E-state index in [-0.39, 0.29) is 12.8 Å². The minimum absolute atomic E-state index is 0.0274. The zero-order chi connectivity index (χ0) is 19.9. The monoisotopic (exact) mass is 396 g/mol. The van der Waals surface area contributed by atoms with Crippen LogP contribution in [0.25, 0.3) is 0 Å².